The van der Waals surface area contributed by atoms with Crippen LogP contribution in [0.5, 0.6) is 5.75 Å². The zero-order valence-corrected chi connectivity index (χ0v) is 12.1. The first kappa shape index (κ1) is 14.3. The van der Waals surface area contributed by atoms with Crippen molar-refractivity contribution in [1.82, 2.24) is 5.32 Å². The summed E-state index contributed by atoms with van der Waals surface area (Å²) in [5, 5.41) is 3.57. The molecule has 1 saturated carbocycles. The lowest BCUT2D eigenvalue weighted by Gasteiger charge is -2.53. The molecule has 0 aromatic heterocycles. The van der Waals surface area contributed by atoms with Gasteiger partial charge in [-0.15, -0.1) is 0 Å². The molecule has 0 amide bonds. The molecule has 0 spiro atoms. The predicted molar refractivity (Wildman–Crippen MR) is 75.9 cm³/mol. The molecule has 3 atom stereocenters. The number of halogens is 1. The highest BCUT2D eigenvalue weighted by atomic mass is 19.1. The van der Waals surface area contributed by atoms with Gasteiger partial charge in [0.25, 0.3) is 0 Å². The van der Waals surface area contributed by atoms with E-state index in [4.69, 9.17) is 4.74 Å². The van der Waals surface area contributed by atoms with E-state index in [1.165, 1.54) is 6.07 Å². The molecule has 1 aliphatic carbocycles. The highest BCUT2D eigenvalue weighted by Crippen LogP contribution is 2.46. The largest absolute Gasteiger partial charge is 0.487 e. The van der Waals surface area contributed by atoms with E-state index in [1.807, 2.05) is 6.07 Å². The Bertz CT molecular complexity index is 423. The summed E-state index contributed by atoms with van der Waals surface area (Å²) < 4.78 is 19.5. The summed E-state index contributed by atoms with van der Waals surface area (Å²) in [5.41, 5.74) is 0.0947. The van der Waals surface area contributed by atoms with E-state index < -0.39 is 0 Å². The first-order valence-corrected chi connectivity index (χ1v) is 7.26. The van der Waals surface area contributed by atoms with Crippen LogP contribution in [0.1, 0.15) is 40.0 Å². The van der Waals surface area contributed by atoms with Gasteiger partial charge in [0.2, 0.25) is 0 Å². The minimum atomic E-state index is -0.272. The fraction of sp³-hybridized carbons (Fsp3) is 0.625. The molecule has 1 aliphatic rings. The lowest BCUT2D eigenvalue weighted by Crippen LogP contribution is -2.63. The fourth-order valence-corrected chi connectivity index (χ4v) is 2.80. The molecule has 2 rings (SSSR count). The van der Waals surface area contributed by atoms with Crippen LogP contribution in [-0.2, 0) is 0 Å². The SMILES string of the molecule is CCCNC1CC(Oc2ccccc2F)C1(C)CC. The molecule has 1 aromatic rings. The summed E-state index contributed by atoms with van der Waals surface area (Å²) >= 11 is 0. The highest BCUT2D eigenvalue weighted by Gasteiger charge is 2.51. The van der Waals surface area contributed by atoms with Crippen LogP contribution in [0.25, 0.3) is 0 Å². The number of ether oxygens (including phenoxy) is 1. The summed E-state index contributed by atoms with van der Waals surface area (Å²) in [6, 6.07) is 7.14. The van der Waals surface area contributed by atoms with E-state index in [2.05, 4.69) is 26.1 Å². The zero-order chi connectivity index (χ0) is 13.9. The van der Waals surface area contributed by atoms with Crippen molar-refractivity contribution in [2.45, 2.75) is 52.2 Å². The Hall–Kier alpha value is -1.09. The van der Waals surface area contributed by atoms with Crippen molar-refractivity contribution in [2.24, 2.45) is 5.41 Å². The van der Waals surface area contributed by atoms with Crippen LogP contribution in [0.3, 0.4) is 0 Å². The van der Waals surface area contributed by atoms with Gasteiger partial charge in [0, 0.05) is 17.9 Å². The second-order valence-electron chi connectivity index (χ2n) is 5.64. The quantitative estimate of drug-likeness (QED) is 0.845. The summed E-state index contributed by atoms with van der Waals surface area (Å²) in [4.78, 5) is 0. The molecule has 0 saturated heterocycles. The van der Waals surface area contributed by atoms with Crippen LogP contribution in [0.4, 0.5) is 4.39 Å². The maximum Gasteiger partial charge on any atom is 0.165 e. The van der Waals surface area contributed by atoms with E-state index in [1.54, 1.807) is 12.1 Å². The van der Waals surface area contributed by atoms with E-state index in [0.717, 1.165) is 25.8 Å². The van der Waals surface area contributed by atoms with Crippen molar-refractivity contribution in [1.29, 1.82) is 0 Å². The average Bonchev–Trinajstić information content (AvgIpc) is 2.42. The van der Waals surface area contributed by atoms with E-state index in [-0.39, 0.29) is 17.3 Å². The second-order valence-corrected chi connectivity index (χ2v) is 5.64. The lowest BCUT2D eigenvalue weighted by molar-refractivity contribution is -0.0716. The topological polar surface area (TPSA) is 21.3 Å². The minimum absolute atomic E-state index is 0.0947. The maximum absolute atomic E-state index is 13.6. The molecule has 0 aliphatic heterocycles. The van der Waals surface area contributed by atoms with Crippen molar-refractivity contribution < 1.29 is 9.13 Å². The molecular weight excluding hydrogens is 241 g/mol. The Labute approximate surface area is 115 Å². The standard InChI is InChI=1S/C16H24FNO/c1-4-10-18-14-11-15(16(14,3)5-2)19-13-9-7-6-8-12(13)17/h6-9,14-15,18H,4-5,10-11H2,1-3H3. The van der Waals surface area contributed by atoms with Gasteiger partial charge in [-0.3, -0.25) is 0 Å². The van der Waals surface area contributed by atoms with Gasteiger partial charge in [0.1, 0.15) is 6.10 Å². The number of rotatable bonds is 6. The van der Waals surface area contributed by atoms with Crippen molar-refractivity contribution in [3.63, 3.8) is 0 Å². The molecule has 1 N–H and O–H groups in total. The number of nitrogens with one attached hydrogen (secondary N) is 1. The molecule has 19 heavy (non-hydrogen) atoms. The number of benzene rings is 1. The maximum atomic E-state index is 13.6. The van der Waals surface area contributed by atoms with Gasteiger partial charge in [-0.25, -0.2) is 4.39 Å². The molecule has 3 unspecified atom stereocenters. The molecule has 2 nitrogen and oxygen atoms in total. The van der Waals surface area contributed by atoms with Crippen LogP contribution < -0.4 is 10.1 Å². The van der Waals surface area contributed by atoms with Gasteiger partial charge in [-0.2, -0.15) is 0 Å². The monoisotopic (exact) mass is 265 g/mol. The number of hydrogen-bond donors (Lipinski definition) is 1. The van der Waals surface area contributed by atoms with Crippen molar-refractivity contribution >= 4 is 0 Å². The Balaban J connectivity index is 2.01. The zero-order valence-electron chi connectivity index (χ0n) is 12.1. The Morgan fingerprint density at radius 2 is 2.11 bits per heavy atom. The molecule has 106 valence electrons. The van der Waals surface area contributed by atoms with Crippen LogP contribution in [0.15, 0.2) is 24.3 Å². The van der Waals surface area contributed by atoms with Crippen LogP contribution in [0.2, 0.25) is 0 Å². The minimum Gasteiger partial charge on any atom is -0.487 e. The number of para-hydroxylation sites is 1. The molecular formula is C16H24FNO. The van der Waals surface area contributed by atoms with E-state index in [0.29, 0.717) is 11.8 Å². The predicted octanol–water partition coefficient (Wildman–Crippen LogP) is 3.76. The normalized spacial score (nSPS) is 29.9. The third-order valence-corrected chi connectivity index (χ3v) is 4.49. The molecule has 0 heterocycles. The first-order chi connectivity index (χ1) is 9.11. The molecule has 1 aromatic carbocycles. The van der Waals surface area contributed by atoms with Crippen LogP contribution in [-0.4, -0.2) is 18.7 Å². The van der Waals surface area contributed by atoms with Crippen molar-refractivity contribution in [2.75, 3.05) is 6.54 Å². The number of hydrogen-bond acceptors (Lipinski definition) is 2. The average molecular weight is 265 g/mol. The van der Waals surface area contributed by atoms with Gasteiger partial charge >= 0.3 is 0 Å². The van der Waals surface area contributed by atoms with Gasteiger partial charge in [-0.05, 0) is 31.5 Å². The second kappa shape index (κ2) is 5.91. The fourth-order valence-electron chi connectivity index (χ4n) is 2.80. The van der Waals surface area contributed by atoms with Crippen LogP contribution in [0, 0.1) is 11.2 Å². The van der Waals surface area contributed by atoms with Crippen molar-refractivity contribution in [3.05, 3.63) is 30.1 Å². The Morgan fingerprint density at radius 1 is 1.37 bits per heavy atom. The summed E-state index contributed by atoms with van der Waals surface area (Å²) in [7, 11) is 0. The lowest BCUT2D eigenvalue weighted by atomic mass is 9.61. The molecule has 1 fully saturated rings. The smallest absolute Gasteiger partial charge is 0.165 e. The van der Waals surface area contributed by atoms with Gasteiger partial charge < -0.3 is 10.1 Å². The van der Waals surface area contributed by atoms with Crippen LogP contribution >= 0.6 is 0 Å². The molecule has 3 heteroatoms. The van der Waals surface area contributed by atoms with Crippen molar-refractivity contribution in [3.8, 4) is 5.75 Å². The van der Waals surface area contributed by atoms with Gasteiger partial charge in [-0.1, -0.05) is 32.9 Å². The summed E-state index contributed by atoms with van der Waals surface area (Å²) in [6.45, 7) is 7.61. The van der Waals surface area contributed by atoms with Gasteiger partial charge in [0.05, 0.1) is 0 Å². The Kier molecular flexibility index (Phi) is 4.46. The summed E-state index contributed by atoms with van der Waals surface area (Å²) in [5.74, 6) is 0.104. The third-order valence-electron chi connectivity index (χ3n) is 4.49. The highest BCUT2D eigenvalue weighted by molar-refractivity contribution is 5.25. The van der Waals surface area contributed by atoms with E-state index in [9.17, 15) is 4.39 Å². The molecule has 0 radical (unpaired) electrons. The van der Waals surface area contributed by atoms with E-state index >= 15 is 0 Å². The van der Waals surface area contributed by atoms with Gasteiger partial charge in [0.15, 0.2) is 11.6 Å². The first-order valence-electron chi connectivity index (χ1n) is 7.26. The Morgan fingerprint density at radius 3 is 2.74 bits per heavy atom. The summed E-state index contributed by atoms with van der Waals surface area (Å²) in [6.07, 6.45) is 3.23. The third kappa shape index (κ3) is 2.76. The molecule has 0 bridgehead atoms.